The minimum absolute atomic E-state index is 0.237. The molecule has 0 unspecified atom stereocenters. The van der Waals surface area contributed by atoms with Crippen molar-refractivity contribution in [3.8, 4) is 0 Å². The lowest BCUT2D eigenvalue weighted by Gasteiger charge is -2.11. The van der Waals surface area contributed by atoms with Crippen molar-refractivity contribution >= 4 is 23.4 Å². The molecule has 17 heavy (non-hydrogen) atoms. The van der Waals surface area contributed by atoms with Crippen molar-refractivity contribution in [1.29, 1.82) is 0 Å². The quantitative estimate of drug-likeness (QED) is 0.563. The number of nitrogens with one attached hydrogen (secondary N) is 1. The van der Waals surface area contributed by atoms with E-state index < -0.39 is 0 Å². The zero-order valence-corrected chi connectivity index (χ0v) is 11.8. The van der Waals surface area contributed by atoms with Gasteiger partial charge in [-0.15, -0.1) is 11.8 Å². The Morgan fingerprint density at radius 2 is 2.24 bits per heavy atom. The van der Waals surface area contributed by atoms with E-state index in [1.165, 1.54) is 5.56 Å². The average molecular weight is 274 g/mol. The topological polar surface area (TPSA) is 32.3 Å². The molecule has 4 heteroatoms. The molecule has 1 rings (SSSR count). The van der Waals surface area contributed by atoms with Crippen LogP contribution in [0.5, 0.6) is 0 Å². The highest BCUT2D eigenvalue weighted by Crippen LogP contribution is 2.31. The molecule has 0 radical (unpaired) electrons. The van der Waals surface area contributed by atoms with Gasteiger partial charge in [0, 0.05) is 23.8 Å². The summed E-state index contributed by atoms with van der Waals surface area (Å²) >= 11 is 7.93. The maximum absolute atomic E-state index is 8.80. The van der Waals surface area contributed by atoms with Gasteiger partial charge in [0.2, 0.25) is 0 Å². The van der Waals surface area contributed by atoms with Crippen LogP contribution in [0.4, 0.5) is 0 Å². The molecule has 0 saturated carbocycles. The van der Waals surface area contributed by atoms with E-state index in [0.29, 0.717) is 0 Å². The van der Waals surface area contributed by atoms with Crippen LogP contribution in [0.1, 0.15) is 25.3 Å². The van der Waals surface area contributed by atoms with Crippen LogP contribution in [-0.2, 0) is 6.54 Å². The van der Waals surface area contributed by atoms with E-state index >= 15 is 0 Å². The Hall–Kier alpha value is -0.220. The van der Waals surface area contributed by atoms with E-state index in [2.05, 4.69) is 18.3 Å². The van der Waals surface area contributed by atoms with Gasteiger partial charge in [-0.1, -0.05) is 30.7 Å². The first-order valence-electron chi connectivity index (χ1n) is 6.01. The zero-order valence-electron chi connectivity index (χ0n) is 10.2. The lowest BCUT2D eigenvalue weighted by atomic mass is 10.2. The van der Waals surface area contributed by atoms with Gasteiger partial charge in [0.25, 0.3) is 0 Å². The van der Waals surface area contributed by atoms with E-state index in [9.17, 15) is 0 Å². The molecule has 0 spiro atoms. The normalized spacial score (nSPS) is 10.8. The van der Waals surface area contributed by atoms with Gasteiger partial charge in [-0.3, -0.25) is 0 Å². The van der Waals surface area contributed by atoms with E-state index in [4.69, 9.17) is 16.7 Å². The minimum atomic E-state index is 0.237. The van der Waals surface area contributed by atoms with E-state index in [1.807, 2.05) is 12.1 Å². The molecule has 0 saturated heterocycles. The van der Waals surface area contributed by atoms with Crippen molar-refractivity contribution in [2.45, 2.75) is 31.2 Å². The van der Waals surface area contributed by atoms with Crippen LogP contribution in [0.2, 0.25) is 5.02 Å². The Morgan fingerprint density at radius 1 is 1.41 bits per heavy atom. The Morgan fingerprint density at radius 3 is 2.94 bits per heavy atom. The molecule has 0 aromatic heterocycles. The molecule has 0 aliphatic carbocycles. The molecular formula is C13H20ClNOS. The molecule has 2 nitrogen and oxygen atoms in total. The van der Waals surface area contributed by atoms with Gasteiger partial charge < -0.3 is 10.4 Å². The predicted molar refractivity (Wildman–Crippen MR) is 75.9 cm³/mol. The second-order valence-corrected chi connectivity index (χ2v) is 5.34. The first kappa shape index (κ1) is 14.8. The van der Waals surface area contributed by atoms with Gasteiger partial charge in [-0.05, 0) is 31.0 Å². The fourth-order valence-corrected chi connectivity index (χ4v) is 2.86. The number of rotatable bonds is 8. The summed E-state index contributed by atoms with van der Waals surface area (Å²) in [5.74, 6) is 0.904. The summed E-state index contributed by atoms with van der Waals surface area (Å²) < 4.78 is 0. The molecule has 96 valence electrons. The summed E-state index contributed by atoms with van der Waals surface area (Å²) in [4.78, 5) is 1.14. The second kappa shape index (κ2) is 8.81. The van der Waals surface area contributed by atoms with Crippen LogP contribution in [0.25, 0.3) is 0 Å². The number of benzene rings is 1. The molecule has 0 fully saturated rings. The monoisotopic (exact) mass is 273 g/mol. The van der Waals surface area contributed by atoms with Crippen LogP contribution >= 0.6 is 23.4 Å². The van der Waals surface area contributed by atoms with Crippen molar-refractivity contribution in [2.24, 2.45) is 0 Å². The molecule has 0 bridgehead atoms. The second-order valence-electron chi connectivity index (χ2n) is 3.83. The highest BCUT2D eigenvalue weighted by molar-refractivity contribution is 7.99. The fourth-order valence-electron chi connectivity index (χ4n) is 1.49. The van der Waals surface area contributed by atoms with Gasteiger partial charge in [0.1, 0.15) is 0 Å². The SMILES string of the molecule is CCCNCc1cccc(Cl)c1SCCCO. The summed E-state index contributed by atoms with van der Waals surface area (Å²) in [6.45, 7) is 4.27. The molecule has 0 aliphatic rings. The van der Waals surface area contributed by atoms with Crippen LogP contribution in [0, 0.1) is 0 Å². The number of hydrogen-bond acceptors (Lipinski definition) is 3. The van der Waals surface area contributed by atoms with Crippen molar-refractivity contribution in [3.05, 3.63) is 28.8 Å². The Bertz CT molecular complexity index is 333. The molecule has 2 N–H and O–H groups in total. The first-order chi connectivity index (χ1) is 8.29. The highest BCUT2D eigenvalue weighted by Gasteiger charge is 2.06. The summed E-state index contributed by atoms with van der Waals surface area (Å²) in [5, 5.41) is 13.0. The minimum Gasteiger partial charge on any atom is -0.396 e. The molecule has 0 aliphatic heterocycles. The largest absolute Gasteiger partial charge is 0.396 e. The van der Waals surface area contributed by atoms with Gasteiger partial charge in [0.15, 0.2) is 0 Å². The van der Waals surface area contributed by atoms with E-state index in [0.717, 1.165) is 41.6 Å². The van der Waals surface area contributed by atoms with Crippen LogP contribution in [0.15, 0.2) is 23.1 Å². The van der Waals surface area contributed by atoms with Gasteiger partial charge in [0.05, 0.1) is 5.02 Å². The van der Waals surface area contributed by atoms with E-state index in [-0.39, 0.29) is 6.61 Å². The number of thioether (sulfide) groups is 1. The Labute approximate surface area is 113 Å². The van der Waals surface area contributed by atoms with Crippen LogP contribution in [-0.4, -0.2) is 24.0 Å². The fraction of sp³-hybridized carbons (Fsp3) is 0.538. The molecule has 1 aromatic carbocycles. The maximum atomic E-state index is 8.80. The van der Waals surface area contributed by atoms with Crippen molar-refractivity contribution in [1.82, 2.24) is 5.32 Å². The molecular weight excluding hydrogens is 254 g/mol. The number of hydrogen-bond donors (Lipinski definition) is 2. The standard InChI is InChI=1S/C13H20ClNOS/c1-2-7-15-10-11-5-3-6-12(14)13(11)17-9-4-8-16/h3,5-6,15-16H,2,4,7-10H2,1H3. The number of aliphatic hydroxyl groups excluding tert-OH is 1. The zero-order chi connectivity index (χ0) is 12.5. The van der Waals surface area contributed by atoms with Gasteiger partial charge in [-0.25, -0.2) is 0 Å². The summed E-state index contributed by atoms with van der Waals surface area (Å²) in [5.41, 5.74) is 1.24. The average Bonchev–Trinajstić information content (AvgIpc) is 2.33. The van der Waals surface area contributed by atoms with Gasteiger partial charge >= 0.3 is 0 Å². The van der Waals surface area contributed by atoms with Crippen molar-refractivity contribution in [2.75, 3.05) is 18.9 Å². The molecule has 0 atom stereocenters. The number of aliphatic hydroxyl groups is 1. The van der Waals surface area contributed by atoms with E-state index in [1.54, 1.807) is 11.8 Å². The van der Waals surface area contributed by atoms with Crippen molar-refractivity contribution < 1.29 is 5.11 Å². The summed E-state index contributed by atoms with van der Waals surface area (Å²) in [6, 6.07) is 6.02. The predicted octanol–water partition coefficient (Wildman–Crippen LogP) is 3.31. The Kier molecular flexibility index (Phi) is 7.69. The molecule has 1 aromatic rings. The number of halogens is 1. The van der Waals surface area contributed by atoms with Crippen LogP contribution < -0.4 is 5.32 Å². The highest BCUT2D eigenvalue weighted by atomic mass is 35.5. The van der Waals surface area contributed by atoms with Gasteiger partial charge in [-0.2, -0.15) is 0 Å². The van der Waals surface area contributed by atoms with Crippen LogP contribution in [0.3, 0.4) is 0 Å². The third-order valence-electron chi connectivity index (χ3n) is 2.34. The lowest BCUT2D eigenvalue weighted by molar-refractivity contribution is 0.296. The third-order valence-corrected chi connectivity index (χ3v) is 4.03. The lowest BCUT2D eigenvalue weighted by Crippen LogP contribution is -2.14. The third kappa shape index (κ3) is 5.30. The summed E-state index contributed by atoms with van der Waals surface area (Å²) in [6.07, 6.45) is 1.94. The molecule has 0 amide bonds. The maximum Gasteiger partial charge on any atom is 0.0545 e. The molecule has 0 heterocycles. The Balaban J connectivity index is 2.63. The smallest absolute Gasteiger partial charge is 0.0545 e. The first-order valence-corrected chi connectivity index (χ1v) is 7.37. The summed E-state index contributed by atoms with van der Waals surface area (Å²) in [7, 11) is 0. The van der Waals surface area contributed by atoms with Crippen molar-refractivity contribution in [3.63, 3.8) is 0 Å².